The average Bonchev–Trinajstić information content (AvgIpc) is 2.89. The third-order valence-corrected chi connectivity index (χ3v) is 6.04. The zero-order chi connectivity index (χ0) is 26.8. The second-order valence-electron chi connectivity index (χ2n) is 8.21. The number of carboxylic acid groups (broad SMARTS) is 1. The Morgan fingerprint density at radius 2 is 1.78 bits per heavy atom. The molecular formula is C27H31ClN4O5. The maximum atomic E-state index is 12.6. The first-order valence-electron chi connectivity index (χ1n) is 11.9. The second-order valence-corrected chi connectivity index (χ2v) is 8.62. The van der Waals surface area contributed by atoms with E-state index in [1.54, 1.807) is 30.3 Å². The molecule has 0 spiro atoms. The Morgan fingerprint density at radius 3 is 2.46 bits per heavy atom. The van der Waals surface area contributed by atoms with E-state index in [0.29, 0.717) is 34.6 Å². The molecule has 10 heteroatoms. The first-order valence-corrected chi connectivity index (χ1v) is 12.3. The van der Waals surface area contributed by atoms with Gasteiger partial charge >= 0.3 is 12.0 Å². The number of hydrogen-bond donors (Lipinski definition) is 3. The fraction of sp³-hybridized carbons (Fsp3) is 0.296. The Bertz CT molecular complexity index is 1220. The van der Waals surface area contributed by atoms with E-state index in [-0.39, 0.29) is 18.3 Å². The smallest absolute Gasteiger partial charge is 0.354 e. The summed E-state index contributed by atoms with van der Waals surface area (Å²) in [6.45, 7) is 9.46. The summed E-state index contributed by atoms with van der Waals surface area (Å²) in [6, 6.07) is 13.1. The standard InChI is InChI=1S/C27H31ClN4O5/c1-4-32(5-2)12-13-36-25-16-22(28)18(3)14-23(25)31-27(35)30-17-19-6-8-20(9-7-19)37-21-10-11-29-24(15-21)26(33)34/h6-11,14-16H,4-5,12-13,17H2,1-3H3,(H,33,34)(H2,30,31,35). The number of ether oxygens (including phenoxy) is 2. The van der Waals surface area contributed by atoms with Crippen molar-refractivity contribution in [3.8, 4) is 17.2 Å². The van der Waals surface area contributed by atoms with Crippen LogP contribution in [0.1, 0.15) is 35.5 Å². The molecule has 37 heavy (non-hydrogen) atoms. The molecule has 2 aromatic carbocycles. The number of carbonyl (C=O) groups is 2. The molecule has 0 saturated heterocycles. The van der Waals surface area contributed by atoms with Gasteiger partial charge in [-0.15, -0.1) is 0 Å². The molecule has 2 amide bonds. The van der Waals surface area contributed by atoms with Crippen molar-refractivity contribution < 1.29 is 24.2 Å². The van der Waals surface area contributed by atoms with Crippen molar-refractivity contribution in [3.05, 3.63) is 76.6 Å². The lowest BCUT2D eigenvalue weighted by Crippen LogP contribution is -2.29. The zero-order valence-corrected chi connectivity index (χ0v) is 21.8. The molecule has 3 rings (SSSR count). The van der Waals surface area contributed by atoms with Gasteiger partial charge in [-0.3, -0.25) is 0 Å². The van der Waals surface area contributed by atoms with Gasteiger partial charge in [-0.2, -0.15) is 0 Å². The molecule has 0 atom stereocenters. The number of aryl methyl sites for hydroxylation is 1. The van der Waals surface area contributed by atoms with E-state index >= 15 is 0 Å². The van der Waals surface area contributed by atoms with E-state index in [4.69, 9.17) is 26.2 Å². The number of benzene rings is 2. The van der Waals surface area contributed by atoms with E-state index in [1.807, 2.05) is 19.1 Å². The summed E-state index contributed by atoms with van der Waals surface area (Å²) in [5.41, 5.74) is 2.12. The lowest BCUT2D eigenvalue weighted by Gasteiger charge is -2.19. The highest BCUT2D eigenvalue weighted by Crippen LogP contribution is 2.31. The van der Waals surface area contributed by atoms with Crippen LogP contribution < -0.4 is 20.1 Å². The number of pyridine rings is 1. The Balaban J connectivity index is 1.56. The molecule has 0 unspecified atom stereocenters. The molecule has 0 aliphatic carbocycles. The number of rotatable bonds is 12. The van der Waals surface area contributed by atoms with Crippen LogP contribution in [0.15, 0.2) is 54.7 Å². The number of aromatic carboxylic acids is 1. The normalized spacial score (nSPS) is 10.7. The number of hydrogen-bond acceptors (Lipinski definition) is 6. The molecule has 3 aromatic rings. The van der Waals surface area contributed by atoms with Gasteiger partial charge in [-0.25, -0.2) is 14.6 Å². The Labute approximate surface area is 221 Å². The fourth-order valence-electron chi connectivity index (χ4n) is 3.46. The van der Waals surface area contributed by atoms with Gasteiger partial charge in [-0.1, -0.05) is 37.6 Å². The second kappa shape index (κ2) is 13.5. The minimum Gasteiger partial charge on any atom is -0.490 e. The van der Waals surface area contributed by atoms with Gasteiger partial charge in [0.05, 0.1) is 5.69 Å². The number of aromatic nitrogens is 1. The van der Waals surface area contributed by atoms with Crippen LogP contribution in [-0.4, -0.2) is 53.2 Å². The first-order chi connectivity index (χ1) is 17.8. The van der Waals surface area contributed by atoms with Crippen LogP contribution >= 0.6 is 11.6 Å². The molecule has 9 nitrogen and oxygen atoms in total. The van der Waals surface area contributed by atoms with Crippen molar-refractivity contribution in [2.24, 2.45) is 0 Å². The molecular weight excluding hydrogens is 496 g/mol. The van der Waals surface area contributed by atoms with Crippen LogP contribution in [0.2, 0.25) is 5.02 Å². The number of likely N-dealkylation sites (N-methyl/N-ethyl adjacent to an activating group) is 1. The molecule has 0 fully saturated rings. The van der Waals surface area contributed by atoms with E-state index in [9.17, 15) is 9.59 Å². The summed E-state index contributed by atoms with van der Waals surface area (Å²) in [4.78, 5) is 29.7. The van der Waals surface area contributed by atoms with Crippen LogP contribution in [0.3, 0.4) is 0 Å². The van der Waals surface area contributed by atoms with E-state index in [0.717, 1.165) is 30.8 Å². The third-order valence-electron chi connectivity index (χ3n) is 5.63. The maximum Gasteiger partial charge on any atom is 0.354 e. The molecule has 1 aromatic heterocycles. The van der Waals surface area contributed by atoms with Gasteiger partial charge in [0.15, 0.2) is 5.69 Å². The Morgan fingerprint density at radius 1 is 1.05 bits per heavy atom. The van der Waals surface area contributed by atoms with Gasteiger partial charge < -0.3 is 30.1 Å². The number of halogens is 1. The molecule has 0 aliphatic heterocycles. The van der Waals surface area contributed by atoms with Crippen molar-refractivity contribution >= 4 is 29.3 Å². The van der Waals surface area contributed by atoms with E-state index < -0.39 is 5.97 Å². The zero-order valence-electron chi connectivity index (χ0n) is 21.1. The highest BCUT2D eigenvalue weighted by atomic mass is 35.5. The molecule has 196 valence electrons. The van der Waals surface area contributed by atoms with Gasteiger partial charge in [0.2, 0.25) is 0 Å². The third kappa shape index (κ3) is 8.37. The summed E-state index contributed by atoms with van der Waals surface area (Å²) in [7, 11) is 0. The topological polar surface area (TPSA) is 113 Å². The van der Waals surface area contributed by atoms with Crippen molar-refractivity contribution in [3.63, 3.8) is 0 Å². The van der Waals surface area contributed by atoms with Crippen LogP contribution in [-0.2, 0) is 6.54 Å². The molecule has 3 N–H and O–H groups in total. The molecule has 0 bridgehead atoms. The lowest BCUT2D eigenvalue weighted by molar-refractivity contribution is 0.0690. The summed E-state index contributed by atoms with van der Waals surface area (Å²) < 4.78 is 11.6. The average molecular weight is 527 g/mol. The van der Waals surface area contributed by atoms with Crippen molar-refractivity contribution in [2.45, 2.75) is 27.3 Å². The molecule has 0 aliphatic rings. The highest BCUT2D eigenvalue weighted by molar-refractivity contribution is 6.31. The number of nitrogens with one attached hydrogen (secondary N) is 2. The molecule has 1 heterocycles. The highest BCUT2D eigenvalue weighted by Gasteiger charge is 2.12. The number of carbonyl (C=O) groups excluding carboxylic acids is 1. The van der Waals surface area contributed by atoms with Crippen LogP contribution in [0.25, 0.3) is 0 Å². The first kappa shape index (κ1) is 27.8. The van der Waals surface area contributed by atoms with E-state index in [1.165, 1.54) is 12.3 Å². The minimum atomic E-state index is -1.13. The lowest BCUT2D eigenvalue weighted by atomic mass is 10.2. The molecule has 0 radical (unpaired) electrons. The number of nitrogens with zero attached hydrogens (tertiary/aromatic N) is 2. The van der Waals surface area contributed by atoms with Crippen molar-refractivity contribution in [2.75, 3.05) is 31.6 Å². The van der Waals surface area contributed by atoms with Gasteiger partial charge in [0.25, 0.3) is 0 Å². The predicted octanol–water partition coefficient (Wildman–Crippen LogP) is 5.58. The fourth-order valence-corrected chi connectivity index (χ4v) is 3.61. The van der Waals surface area contributed by atoms with Gasteiger partial charge in [-0.05, 0) is 55.4 Å². The molecule has 0 saturated carbocycles. The van der Waals surface area contributed by atoms with Gasteiger partial charge in [0.1, 0.15) is 23.9 Å². The Hall–Kier alpha value is -3.82. The van der Waals surface area contributed by atoms with Crippen molar-refractivity contribution in [1.29, 1.82) is 0 Å². The number of amides is 2. The predicted molar refractivity (Wildman–Crippen MR) is 143 cm³/mol. The largest absolute Gasteiger partial charge is 0.490 e. The monoisotopic (exact) mass is 526 g/mol. The van der Waals surface area contributed by atoms with Crippen LogP contribution in [0.4, 0.5) is 10.5 Å². The summed E-state index contributed by atoms with van der Waals surface area (Å²) >= 11 is 6.29. The number of urea groups is 1. The van der Waals surface area contributed by atoms with Gasteiger partial charge in [0, 0.05) is 36.4 Å². The van der Waals surface area contributed by atoms with Crippen molar-refractivity contribution in [1.82, 2.24) is 15.2 Å². The minimum absolute atomic E-state index is 0.0994. The summed E-state index contributed by atoms with van der Waals surface area (Å²) in [5.74, 6) is 0.281. The summed E-state index contributed by atoms with van der Waals surface area (Å²) in [5, 5.41) is 15.3. The number of carboxylic acids is 1. The SMILES string of the molecule is CCN(CC)CCOc1cc(Cl)c(C)cc1NC(=O)NCc1ccc(Oc2ccnc(C(=O)O)c2)cc1. The maximum absolute atomic E-state index is 12.6. The Kier molecular flexibility index (Phi) is 10.1. The summed E-state index contributed by atoms with van der Waals surface area (Å²) in [6.07, 6.45) is 1.37. The van der Waals surface area contributed by atoms with Crippen LogP contribution in [0.5, 0.6) is 17.2 Å². The quantitative estimate of drug-likeness (QED) is 0.282. The van der Waals surface area contributed by atoms with Crippen LogP contribution in [0, 0.1) is 6.92 Å². The number of anilines is 1. The van der Waals surface area contributed by atoms with E-state index in [2.05, 4.69) is 34.4 Å².